The number of hydrogen-bond acceptors (Lipinski definition) is 5. The first kappa shape index (κ1) is 16.0. The Morgan fingerprint density at radius 2 is 2.00 bits per heavy atom. The molecule has 1 unspecified atom stereocenters. The van der Waals surface area contributed by atoms with E-state index in [1.54, 1.807) is 0 Å². The molecule has 2 aliphatic rings. The molecule has 1 saturated carbocycles. The second kappa shape index (κ2) is 7.17. The maximum atomic E-state index is 6.46. The van der Waals surface area contributed by atoms with E-state index in [4.69, 9.17) is 11.6 Å². The number of likely N-dealkylation sites (tertiary alicyclic amines) is 1. The highest BCUT2D eigenvalue weighted by molar-refractivity contribution is 6.31. The summed E-state index contributed by atoms with van der Waals surface area (Å²) in [6.45, 7) is 3.81. The highest BCUT2D eigenvalue weighted by Gasteiger charge is 2.28. The zero-order valence-electron chi connectivity index (χ0n) is 13.7. The lowest BCUT2D eigenvalue weighted by Crippen LogP contribution is -2.34. The third-order valence-electron chi connectivity index (χ3n) is 4.92. The normalized spacial score (nSPS) is 19.7. The zero-order chi connectivity index (χ0) is 16.4. The number of tetrazole rings is 1. The van der Waals surface area contributed by atoms with Crippen molar-refractivity contribution < 1.29 is 0 Å². The summed E-state index contributed by atoms with van der Waals surface area (Å²) in [5.74, 6) is 0.928. The van der Waals surface area contributed by atoms with Crippen molar-refractivity contribution in [3.05, 3.63) is 40.7 Å². The minimum atomic E-state index is 0.298. The predicted molar refractivity (Wildman–Crippen MR) is 92.8 cm³/mol. The largest absolute Gasteiger partial charge is 0.308 e. The SMILES string of the molecule is Clc1ccccc1C(CNCc1nnnn1C1CC1)N1CCCC1. The lowest BCUT2D eigenvalue weighted by molar-refractivity contribution is 0.237. The van der Waals surface area contributed by atoms with Crippen molar-refractivity contribution in [2.45, 2.75) is 44.3 Å². The molecule has 1 atom stereocenters. The average molecular weight is 347 g/mol. The van der Waals surface area contributed by atoms with Crippen LogP contribution in [0.3, 0.4) is 0 Å². The Hall–Kier alpha value is -1.50. The smallest absolute Gasteiger partial charge is 0.165 e. The van der Waals surface area contributed by atoms with Crippen LogP contribution in [0.15, 0.2) is 24.3 Å². The molecule has 24 heavy (non-hydrogen) atoms. The molecule has 6 nitrogen and oxygen atoms in total. The molecule has 2 fully saturated rings. The molecule has 1 aliphatic heterocycles. The van der Waals surface area contributed by atoms with Gasteiger partial charge in [-0.3, -0.25) is 4.90 Å². The molecule has 7 heteroatoms. The van der Waals surface area contributed by atoms with Crippen molar-refractivity contribution in [3.63, 3.8) is 0 Å². The summed E-state index contributed by atoms with van der Waals surface area (Å²) in [4.78, 5) is 2.53. The molecular formula is C17H23ClN6. The van der Waals surface area contributed by atoms with Crippen LogP contribution in [0.5, 0.6) is 0 Å². The van der Waals surface area contributed by atoms with E-state index in [1.807, 2.05) is 16.8 Å². The van der Waals surface area contributed by atoms with Gasteiger partial charge >= 0.3 is 0 Å². The van der Waals surface area contributed by atoms with Crippen LogP contribution in [-0.4, -0.2) is 44.7 Å². The van der Waals surface area contributed by atoms with E-state index in [-0.39, 0.29) is 0 Å². The Labute approximate surface area is 147 Å². The molecule has 0 bridgehead atoms. The van der Waals surface area contributed by atoms with E-state index in [0.717, 1.165) is 30.5 Å². The fourth-order valence-corrected chi connectivity index (χ4v) is 3.75. The quantitative estimate of drug-likeness (QED) is 0.835. The highest BCUT2D eigenvalue weighted by atomic mass is 35.5. The molecule has 0 spiro atoms. The van der Waals surface area contributed by atoms with Crippen LogP contribution >= 0.6 is 11.6 Å². The van der Waals surface area contributed by atoms with Crippen LogP contribution in [0.1, 0.15) is 49.2 Å². The van der Waals surface area contributed by atoms with Gasteiger partial charge in [-0.1, -0.05) is 29.8 Å². The lowest BCUT2D eigenvalue weighted by Gasteiger charge is -2.29. The highest BCUT2D eigenvalue weighted by Crippen LogP contribution is 2.34. The number of aromatic nitrogens is 4. The van der Waals surface area contributed by atoms with E-state index in [1.165, 1.54) is 31.2 Å². The van der Waals surface area contributed by atoms with Gasteiger partial charge in [-0.25, -0.2) is 4.68 Å². The number of halogens is 1. The minimum Gasteiger partial charge on any atom is -0.308 e. The number of rotatable bonds is 7. The van der Waals surface area contributed by atoms with E-state index < -0.39 is 0 Å². The molecule has 1 aromatic heterocycles. The van der Waals surface area contributed by atoms with Crippen molar-refractivity contribution in [3.8, 4) is 0 Å². The molecule has 0 amide bonds. The molecular weight excluding hydrogens is 324 g/mol. The topological polar surface area (TPSA) is 58.9 Å². The summed E-state index contributed by atoms with van der Waals surface area (Å²) in [5.41, 5.74) is 1.20. The summed E-state index contributed by atoms with van der Waals surface area (Å²) in [6, 6.07) is 8.98. The monoisotopic (exact) mass is 346 g/mol. The van der Waals surface area contributed by atoms with Gasteiger partial charge in [-0.2, -0.15) is 0 Å². The van der Waals surface area contributed by atoms with Gasteiger partial charge in [0.15, 0.2) is 5.82 Å². The standard InChI is InChI=1S/C17H23ClN6/c18-15-6-2-1-5-14(15)16(23-9-3-4-10-23)11-19-12-17-20-21-22-24(17)13-7-8-13/h1-2,5-6,13,16,19H,3-4,7-12H2. The summed E-state index contributed by atoms with van der Waals surface area (Å²) < 4.78 is 1.97. The number of nitrogens with one attached hydrogen (secondary N) is 1. The maximum Gasteiger partial charge on any atom is 0.165 e. The van der Waals surface area contributed by atoms with Gasteiger partial charge in [0.1, 0.15) is 0 Å². The summed E-state index contributed by atoms with van der Waals surface area (Å²) in [6.07, 6.45) is 4.91. The van der Waals surface area contributed by atoms with E-state index in [2.05, 4.69) is 37.9 Å². The number of benzene rings is 1. The number of hydrogen-bond donors (Lipinski definition) is 1. The van der Waals surface area contributed by atoms with Gasteiger partial charge in [0.2, 0.25) is 0 Å². The van der Waals surface area contributed by atoms with Crippen molar-refractivity contribution in [1.29, 1.82) is 0 Å². The van der Waals surface area contributed by atoms with Crippen LogP contribution < -0.4 is 5.32 Å². The van der Waals surface area contributed by atoms with Gasteiger partial charge in [0.05, 0.1) is 12.6 Å². The van der Waals surface area contributed by atoms with E-state index in [9.17, 15) is 0 Å². The van der Waals surface area contributed by atoms with Crippen molar-refractivity contribution >= 4 is 11.6 Å². The Morgan fingerprint density at radius 3 is 2.75 bits per heavy atom. The molecule has 1 aromatic carbocycles. The zero-order valence-corrected chi connectivity index (χ0v) is 14.5. The molecule has 128 valence electrons. The van der Waals surface area contributed by atoms with E-state index >= 15 is 0 Å². The minimum absolute atomic E-state index is 0.298. The molecule has 1 saturated heterocycles. The first-order valence-corrected chi connectivity index (χ1v) is 9.16. The fraction of sp³-hybridized carbons (Fsp3) is 0.588. The van der Waals surface area contributed by atoms with Gasteiger partial charge in [-0.05, 0) is 60.8 Å². The molecule has 1 N–H and O–H groups in total. The third-order valence-corrected chi connectivity index (χ3v) is 5.26. The third kappa shape index (κ3) is 3.45. The lowest BCUT2D eigenvalue weighted by atomic mass is 10.1. The Balaban J connectivity index is 1.44. The fourth-order valence-electron chi connectivity index (χ4n) is 3.49. The molecule has 2 heterocycles. The van der Waals surface area contributed by atoms with Crippen LogP contribution in [0.25, 0.3) is 0 Å². The van der Waals surface area contributed by atoms with Gasteiger partial charge in [0.25, 0.3) is 0 Å². The molecule has 4 rings (SSSR count). The first-order valence-electron chi connectivity index (χ1n) is 8.79. The van der Waals surface area contributed by atoms with E-state index in [0.29, 0.717) is 18.6 Å². The maximum absolute atomic E-state index is 6.46. The van der Waals surface area contributed by atoms with Crippen LogP contribution in [0.2, 0.25) is 5.02 Å². The van der Waals surface area contributed by atoms with Crippen LogP contribution in [-0.2, 0) is 6.54 Å². The van der Waals surface area contributed by atoms with Crippen molar-refractivity contribution in [2.75, 3.05) is 19.6 Å². The Kier molecular flexibility index (Phi) is 4.78. The Morgan fingerprint density at radius 1 is 1.21 bits per heavy atom. The summed E-state index contributed by atoms with van der Waals surface area (Å²) in [5, 5.41) is 16.5. The average Bonchev–Trinajstić information content (AvgIpc) is 3.10. The van der Waals surface area contributed by atoms with Crippen molar-refractivity contribution in [1.82, 2.24) is 30.4 Å². The number of nitrogens with zero attached hydrogens (tertiary/aromatic N) is 5. The van der Waals surface area contributed by atoms with Crippen LogP contribution in [0, 0.1) is 0 Å². The second-order valence-corrected chi connectivity index (χ2v) is 7.09. The summed E-state index contributed by atoms with van der Waals surface area (Å²) >= 11 is 6.46. The molecule has 2 aromatic rings. The first-order chi connectivity index (χ1) is 11.8. The van der Waals surface area contributed by atoms with Crippen molar-refractivity contribution in [2.24, 2.45) is 0 Å². The van der Waals surface area contributed by atoms with Gasteiger partial charge < -0.3 is 5.32 Å². The predicted octanol–water partition coefficient (Wildman–Crippen LogP) is 2.59. The Bertz CT molecular complexity index is 677. The second-order valence-electron chi connectivity index (χ2n) is 6.68. The van der Waals surface area contributed by atoms with Gasteiger partial charge in [0, 0.05) is 17.6 Å². The summed E-state index contributed by atoms with van der Waals surface area (Å²) in [7, 11) is 0. The van der Waals surface area contributed by atoms with Gasteiger partial charge in [-0.15, -0.1) is 5.10 Å². The van der Waals surface area contributed by atoms with Crippen LogP contribution in [0.4, 0.5) is 0 Å². The molecule has 1 aliphatic carbocycles. The molecule has 0 radical (unpaired) electrons.